The third-order valence-electron chi connectivity index (χ3n) is 1.51. The molecule has 0 bridgehead atoms. The Labute approximate surface area is 76.8 Å². The third kappa shape index (κ3) is 3.15. The number of nitrogens with two attached hydrogens (primary N) is 1. The van der Waals surface area contributed by atoms with E-state index in [1.807, 2.05) is 12.1 Å². The van der Waals surface area contributed by atoms with Gasteiger partial charge in [-0.1, -0.05) is 12.1 Å². The van der Waals surface area contributed by atoms with Crippen molar-refractivity contribution in [2.75, 3.05) is 13.3 Å². The van der Waals surface area contributed by atoms with Crippen LogP contribution in [0.15, 0.2) is 30.5 Å². The highest BCUT2D eigenvalue weighted by atomic mass is 19.1. The van der Waals surface area contributed by atoms with E-state index in [0.29, 0.717) is 5.75 Å². The van der Waals surface area contributed by atoms with Crippen LogP contribution in [0.1, 0.15) is 5.56 Å². The first-order valence-corrected chi connectivity index (χ1v) is 4.04. The molecule has 70 valence electrons. The smallest absolute Gasteiger partial charge is 0.123 e. The van der Waals surface area contributed by atoms with Crippen LogP contribution in [-0.2, 0) is 0 Å². The fourth-order valence-electron chi connectivity index (χ4n) is 0.943. The van der Waals surface area contributed by atoms with Crippen molar-refractivity contribution in [2.24, 2.45) is 5.73 Å². The predicted octanol–water partition coefficient (Wildman–Crippen LogP) is 1.96. The van der Waals surface area contributed by atoms with Gasteiger partial charge in [0.1, 0.15) is 19.0 Å². The van der Waals surface area contributed by atoms with Crippen molar-refractivity contribution in [3.05, 3.63) is 36.0 Å². The van der Waals surface area contributed by atoms with E-state index >= 15 is 0 Å². The second-order valence-electron chi connectivity index (χ2n) is 2.47. The summed E-state index contributed by atoms with van der Waals surface area (Å²) < 4.78 is 16.8. The van der Waals surface area contributed by atoms with E-state index in [1.165, 1.54) is 6.20 Å². The van der Waals surface area contributed by atoms with Crippen LogP contribution in [0.4, 0.5) is 4.39 Å². The Kier molecular flexibility index (Phi) is 3.82. The first-order valence-electron chi connectivity index (χ1n) is 4.04. The summed E-state index contributed by atoms with van der Waals surface area (Å²) in [6.07, 6.45) is 3.25. The number of rotatable bonds is 4. The fourth-order valence-corrected chi connectivity index (χ4v) is 0.943. The number of benzene rings is 1. The molecule has 0 spiro atoms. The van der Waals surface area contributed by atoms with Crippen LogP contribution >= 0.6 is 0 Å². The van der Waals surface area contributed by atoms with Crippen molar-refractivity contribution in [1.29, 1.82) is 0 Å². The molecule has 0 amide bonds. The highest BCUT2D eigenvalue weighted by molar-refractivity contribution is 5.49. The Morgan fingerprint density at radius 3 is 2.54 bits per heavy atom. The number of halogens is 1. The zero-order valence-electron chi connectivity index (χ0n) is 7.24. The molecule has 0 aromatic heterocycles. The number of hydrogen-bond donors (Lipinski definition) is 1. The van der Waals surface area contributed by atoms with Gasteiger partial charge in [-0.2, -0.15) is 0 Å². The minimum absolute atomic E-state index is 0.103. The van der Waals surface area contributed by atoms with E-state index in [1.54, 1.807) is 18.2 Å². The van der Waals surface area contributed by atoms with Crippen molar-refractivity contribution in [3.63, 3.8) is 0 Å². The highest BCUT2D eigenvalue weighted by Gasteiger charge is 1.92. The normalized spacial score (nSPS) is 10.5. The maximum Gasteiger partial charge on any atom is 0.123 e. The molecule has 0 saturated heterocycles. The SMILES string of the molecule is N/C=C/c1ccc(OCCF)cc1. The predicted molar refractivity (Wildman–Crippen MR) is 51.1 cm³/mol. The van der Waals surface area contributed by atoms with Gasteiger partial charge >= 0.3 is 0 Å². The van der Waals surface area contributed by atoms with E-state index in [9.17, 15) is 4.39 Å². The van der Waals surface area contributed by atoms with E-state index in [-0.39, 0.29) is 6.61 Å². The summed E-state index contributed by atoms with van der Waals surface area (Å²) in [5.41, 5.74) is 6.21. The van der Waals surface area contributed by atoms with Crippen molar-refractivity contribution in [3.8, 4) is 5.75 Å². The van der Waals surface area contributed by atoms with Gasteiger partial charge in [-0.15, -0.1) is 0 Å². The molecule has 0 atom stereocenters. The summed E-state index contributed by atoms with van der Waals surface area (Å²) >= 11 is 0. The van der Waals surface area contributed by atoms with Crippen LogP contribution < -0.4 is 10.5 Å². The van der Waals surface area contributed by atoms with E-state index in [2.05, 4.69) is 0 Å². The maximum atomic E-state index is 11.7. The van der Waals surface area contributed by atoms with Gasteiger partial charge in [-0.05, 0) is 30.0 Å². The first-order chi connectivity index (χ1) is 6.36. The lowest BCUT2D eigenvalue weighted by atomic mass is 10.2. The fraction of sp³-hybridized carbons (Fsp3) is 0.200. The number of hydrogen-bond acceptors (Lipinski definition) is 2. The third-order valence-corrected chi connectivity index (χ3v) is 1.51. The molecule has 2 nitrogen and oxygen atoms in total. The number of ether oxygens (including phenoxy) is 1. The molecule has 1 aromatic carbocycles. The minimum atomic E-state index is -0.468. The Morgan fingerprint density at radius 1 is 1.31 bits per heavy atom. The average Bonchev–Trinajstić information content (AvgIpc) is 2.17. The molecule has 2 N–H and O–H groups in total. The Bertz CT molecular complexity index is 269. The summed E-state index contributed by atoms with van der Waals surface area (Å²) in [5.74, 6) is 0.673. The van der Waals surface area contributed by atoms with Gasteiger partial charge in [-0.25, -0.2) is 4.39 Å². The lowest BCUT2D eigenvalue weighted by Gasteiger charge is -2.02. The van der Waals surface area contributed by atoms with Crippen molar-refractivity contribution in [1.82, 2.24) is 0 Å². The van der Waals surface area contributed by atoms with Gasteiger partial charge < -0.3 is 10.5 Å². The van der Waals surface area contributed by atoms with Crippen LogP contribution in [0.25, 0.3) is 6.08 Å². The van der Waals surface area contributed by atoms with Crippen LogP contribution in [0.5, 0.6) is 5.75 Å². The van der Waals surface area contributed by atoms with Crippen LogP contribution in [0, 0.1) is 0 Å². The molecular weight excluding hydrogens is 169 g/mol. The summed E-state index contributed by atoms with van der Waals surface area (Å²) in [4.78, 5) is 0. The molecule has 0 aliphatic carbocycles. The van der Waals surface area contributed by atoms with Crippen molar-refractivity contribution < 1.29 is 9.13 Å². The standard InChI is InChI=1S/C10H12FNO/c11-6-8-13-10-3-1-9(2-4-10)5-7-12/h1-5,7H,6,8,12H2/b7-5+. The van der Waals surface area contributed by atoms with Gasteiger partial charge in [0.05, 0.1) is 0 Å². The monoisotopic (exact) mass is 181 g/mol. The second kappa shape index (κ2) is 5.19. The molecular formula is C10H12FNO. The van der Waals surface area contributed by atoms with Gasteiger partial charge in [0.25, 0.3) is 0 Å². The number of alkyl halides is 1. The van der Waals surface area contributed by atoms with E-state index < -0.39 is 6.67 Å². The van der Waals surface area contributed by atoms with Crippen LogP contribution in [-0.4, -0.2) is 13.3 Å². The summed E-state index contributed by atoms with van der Waals surface area (Å²) in [6.45, 7) is -0.365. The molecule has 1 rings (SSSR count). The maximum absolute atomic E-state index is 11.7. The molecule has 0 aliphatic rings. The van der Waals surface area contributed by atoms with E-state index in [4.69, 9.17) is 10.5 Å². The van der Waals surface area contributed by atoms with Crippen LogP contribution in [0.2, 0.25) is 0 Å². The minimum Gasteiger partial charge on any atom is -0.491 e. The molecule has 0 fully saturated rings. The Hall–Kier alpha value is -1.51. The van der Waals surface area contributed by atoms with Crippen molar-refractivity contribution >= 4 is 6.08 Å². The largest absolute Gasteiger partial charge is 0.491 e. The van der Waals surface area contributed by atoms with Crippen molar-refractivity contribution in [2.45, 2.75) is 0 Å². The Balaban J connectivity index is 2.58. The summed E-state index contributed by atoms with van der Waals surface area (Å²) in [7, 11) is 0. The Morgan fingerprint density at radius 2 is 2.00 bits per heavy atom. The molecule has 0 radical (unpaired) electrons. The highest BCUT2D eigenvalue weighted by Crippen LogP contribution is 2.12. The molecule has 0 heterocycles. The average molecular weight is 181 g/mol. The van der Waals surface area contributed by atoms with E-state index in [0.717, 1.165) is 5.56 Å². The molecule has 0 saturated carbocycles. The molecule has 0 aliphatic heterocycles. The van der Waals surface area contributed by atoms with Gasteiger partial charge in [0.2, 0.25) is 0 Å². The van der Waals surface area contributed by atoms with Gasteiger partial charge in [0.15, 0.2) is 0 Å². The van der Waals surface area contributed by atoms with Gasteiger partial charge in [0, 0.05) is 0 Å². The first kappa shape index (κ1) is 9.58. The lowest BCUT2D eigenvalue weighted by Crippen LogP contribution is -1.98. The second-order valence-corrected chi connectivity index (χ2v) is 2.47. The molecule has 13 heavy (non-hydrogen) atoms. The zero-order valence-corrected chi connectivity index (χ0v) is 7.24. The molecule has 0 unspecified atom stereocenters. The quantitative estimate of drug-likeness (QED) is 0.770. The lowest BCUT2D eigenvalue weighted by molar-refractivity contribution is 0.273. The molecule has 3 heteroatoms. The molecule has 1 aromatic rings. The zero-order chi connectivity index (χ0) is 9.52. The van der Waals surface area contributed by atoms with Crippen LogP contribution in [0.3, 0.4) is 0 Å². The topological polar surface area (TPSA) is 35.2 Å². The summed E-state index contributed by atoms with van der Waals surface area (Å²) in [6, 6.07) is 7.28. The van der Waals surface area contributed by atoms with Gasteiger partial charge in [-0.3, -0.25) is 0 Å². The summed E-state index contributed by atoms with van der Waals surface area (Å²) in [5, 5.41) is 0.